The zero-order valence-corrected chi connectivity index (χ0v) is 23.8. The van der Waals surface area contributed by atoms with Gasteiger partial charge in [-0.3, -0.25) is 0 Å². The maximum atomic E-state index is 8.73. The molecule has 38 heavy (non-hydrogen) atoms. The van der Waals surface area contributed by atoms with Crippen LogP contribution in [0.3, 0.4) is 0 Å². The molecule has 0 aromatic carbocycles. The molecule has 1 unspecified atom stereocenters. The average Bonchev–Trinajstić information content (AvgIpc) is 3.53. The normalized spacial score (nSPS) is 16.4. The Hall–Kier alpha value is -2.35. The van der Waals surface area contributed by atoms with E-state index in [1.165, 1.54) is 0 Å². The smallest absolute Gasteiger partial charge is 0.214 e. The van der Waals surface area contributed by atoms with Crippen LogP contribution in [0.2, 0.25) is 25.7 Å². The third-order valence-electron chi connectivity index (χ3n) is 6.17. The summed E-state index contributed by atoms with van der Waals surface area (Å²) < 4.78 is 32.2. The van der Waals surface area contributed by atoms with Crippen molar-refractivity contribution in [2.45, 2.75) is 57.9 Å². The van der Waals surface area contributed by atoms with Crippen molar-refractivity contribution in [3.63, 3.8) is 0 Å². The van der Waals surface area contributed by atoms with E-state index in [1.807, 2.05) is 23.0 Å². The van der Waals surface area contributed by atoms with E-state index in [-0.39, 0.29) is 12.8 Å². The van der Waals surface area contributed by atoms with Crippen molar-refractivity contribution in [3.8, 4) is 17.1 Å². The average molecular weight is 548 g/mol. The maximum Gasteiger partial charge on any atom is 0.214 e. The zero-order valence-electron chi connectivity index (χ0n) is 22.8. The van der Waals surface area contributed by atoms with Gasteiger partial charge < -0.3 is 28.8 Å². The molecule has 11 nitrogen and oxygen atoms in total. The quantitative estimate of drug-likeness (QED) is 0.212. The van der Waals surface area contributed by atoms with E-state index in [1.54, 1.807) is 10.9 Å². The van der Waals surface area contributed by atoms with Gasteiger partial charge in [0, 0.05) is 39.1 Å². The molecule has 0 spiro atoms. The monoisotopic (exact) mass is 547 g/mol. The molecular weight excluding hydrogens is 506 g/mol. The fraction of sp³-hybridized carbons (Fsp3) is 0.654. The van der Waals surface area contributed by atoms with Crippen LogP contribution in [0.5, 0.6) is 5.88 Å². The number of aromatic nitrogens is 5. The largest absolute Gasteiger partial charge is 0.475 e. The highest BCUT2D eigenvalue weighted by atomic mass is 28.3. The number of hydrogen-bond acceptors (Lipinski definition) is 9. The minimum Gasteiger partial charge on any atom is -0.475 e. The molecule has 210 valence electrons. The first-order valence-electron chi connectivity index (χ1n) is 13.5. The summed E-state index contributed by atoms with van der Waals surface area (Å²) >= 11 is 0. The van der Waals surface area contributed by atoms with E-state index >= 15 is 0 Å². The molecule has 0 bridgehead atoms. The van der Waals surface area contributed by atoms with Crippen LogP contribution in [0.1, 0.15) is 25.5 Å². The van der Waals surface area contributed by atoms with Crippen molar-refractivity contribution in [2.75, 3.05) is 52.9 Å². The van der Waals surface area contributed by atoms with E-state index in [2.05, 4.69) is 24.7 Å². The molecule has 0 amide bonds. The molecule has 1 saturated heterocycles. The SMILES string of the molecule is C[Si](C)(C)CCOCn1cc(-c2nn(C3CCCCO3)c3ccc(OCCOCCOCCO)nc23)cn1. The molecule has 3 aromatic rings. The number of nitrogens with zero attached hydrogens (tertiary/aromatic N) is 5. The van der Waals surface area contributed by atoms with Gasteiger partial charge in [0.2, 0.25) is 5.88 Å². The molecule has 1 N–H and O–H groups in total. The molecule has 0 radical (unpaired) electrons. The second kappa shape index (κ2) is 14.2. The Balaban J connectivity index is 1.45. The molecule has 1 fully saturated rings. The summed E-state index contributed by atoms with van der Waals surface area (Å²) in [5.74, 6) is 0.505. The molecule has 3 aromatic heterocycles. The van der Waals surface area contributed by atoms with Gasteiger partial charge in [0.1, 0.15) is 24.5 Å². The highest BCUT2D eigenvalue weighted by Crippen LogP contribution is 2.32. The van der Waals surface area contributed by atoms with Crippen LogP contribution in [-0.2, 0) is 25.7 Å². The van der Waals surface area contributed by atoms with E-state index in [4.69, 9.17) is 38.9 Å². The van der Waals surface area contributed by atoms with E-state index in [9.17, 15) is 0 Å². The maximum absolute atomic E-state index is 8.73. The summed E-state index contributed by atoms with van der Waals surface area (Å²) in [5, 5.41) is 18.2. The number of pyridine rings is 1. The lowest BCUT2D eigenvalue weighted by molar-refractivity contribution is -0.0365. The predicted molar refractivity (Wildman–Crippen MR) is 146 cm³/mol. The van der Waals surface area contributed by atoms with Gasteiger partial charge in [0.25, 0.3) is 0 Å². The van der Waals surface area contributed by atoms with Crippen LogP contribution in [0.25, 0.3) is 22.3 Å². The fourth-order valence-corrected chi connectivity index (χ4v) is 4.85. The van der Waals surface area contributed by atoms with Gasteiger partial charge in [-0.2, -0.15) is 10.2 Å². The lowest BCUT2D eigenvalue weighted by Crippen LogP contribution is -2.22. The zero-order chi connectivity index (χ0) is 26.8. The Bertz CT molecular complexity index is 1130. The second-order valence-electron chi connectivity index (χ2n) is 10.5. The van der Waals surface area contributed by atoms with Crippen molar-refractivity contribution in [3.05, 3.63) is 24.5 Å². The number of ether oxygens (including phenoxy) is 5. The van der Waals surface area contributed by atoms with E-state index in [0.717, 1.165) is 60.8 Å². The van der Waals surface area contributed by atoms with Crippen LogP contribution < -0.4 is 4.74 Å². The molecule has 12 heteroatoms. The Morgan fingerprint density at radius 2 is 1.84 bits per heavy atom. The standard InChI is InChI=1S/C26H41N5O6Si/c1-38(2,3)17-16-35-20-30-19-21(18-27-30)25-26-22(31(29-25)24-6-4-5-10-37-24)7-8-23(28-26)36-15-14-34-13-12-33-11-9-32/h7-8,18-19,24,32H,4-6,9-17,20H2,1-3H3. The molecule has 0 aliphatic carbocycles. The van der Waals surface area contributed by atoms with Gasteiger partial charge in [-0.25, -0.2) is 14.3 Å². The van der Waals surface area contributed by atoms with Gasteiger partial charge >= 0.3 is 0 Å². The molecule has 4 heterocycles. The third-order valence-corrected chi connectivity index (χ3v) is 7.87. The van der Waals surface area contributed by atoms with Gasteiger partial charge in [0.15, 0.2) is 6.23 Å². The first kappa shape index (κ1) is 28.6. The Kier molecular flexibility index (Phi) is 10.7. The lowest BCUT2D eigenvalue weighted by atomic mass is 10.2. The summed E-state index contributed by atoms with van der Waals surface area (Å²) in [6.07, 6.45) is 6.72. The van der Waals surface area contributed by atoms with Gasteiger partial charge in [-0.05, 0) is 31.4 Å². The topological polar surface area (TPSA) is 115 Å². The second-order valence-corrected chi connectivity index (χ2v) is 16.2. The van der Waals surface area contributed by atoms with E-state index in [0.29, 0.717) is 45.6 Å². The summed E-state index contributed by atoms with van der Waals surface area (Å²) in [6, 6.07) is 4.96. The molecule has 1 aliphatic rings. The third kappa shape index (κ3) is 8.32. The van der Waals surface area contributed by atoms with Crippen molar-refractivity contribution >= 4 is 19.1 Å². The van der Waals surface area contributed by atoms with Crippen LogP contribution in [0.15, 0.2) is 24.5 Å². The Morgan fingerprint density at radius 1 is 1.03 bits per heavy atom. The summed E-state index contributed by atoms with van der Waals surface area (Å²) in [5.41, 5.74) is 3.25. The van der Waals surface area contributed by atoms with Crippen molar-refractivity contribution in [1.29, 1.82) is 0 Å². The first-order valence-corrected chi connectivity index (χ1v) is 17.2. The van der Waals surface area contributed by atoms with Crippen LogP contribution >= 0.6 is 0 Å². The van der Waals surface area contributed by atoms with Crippen LogP contribution in [-0.4, -0.2) is 90.6 Å². The van der Waals surface area contributed by atoms with Crippen molar-refractivity contribution in [1.82, 2.24) is 24.5 Å². The Morgan fingerprint density at radius 3 is 2.61 bits per heavy atom. The number of rotatable bonds is 16. The molecule has 1 aliphatic heterocycles. The first-order chi connectivity index (χ1) is 18.4. The molecular formula is C26H41N5O6Si. The van der Waals surface area contributed by atoms with Crippen LogP contribution in [0.4, 0.5) is 0 Å². The Labute approximate surface area is 225 Å². The summed E-state index contributed by atoms with van der Waals surface area (Å²) in [6.45, 7) is 10.9. The highest BCUT2D eigenvalue weighted by molar-refractivity contribution is 6.76. The number of hydrogen-bond donors (Lipinski definition) is 1. The summed E-state index contributed by atoms with van der Waals surface area (Å²) in [4.78, 5) is 4.80. The fourth-order valence-electron chi connectivity index (χ4n) is 4.10. The number of aliphatic hydroxyl groups is 1. The number of aliphatic hydroxyl groups excluding tert-OH is 1. The highest BCUT2D eigenvalue weighted by Gasteiger charge is 2.23. The van der Waals surface area contributed by atoms with Gasteiger partial charge in [-0.1, -0.05) is 19.6 Å². The van der Waals surface area contributed by atoms with Gasteiger partial charge in [0.05, 0.1) is 44.7 Å². The molecule has 4 rings (SSSR count). The van der Waals surface area contributed by atoms with Crippen molar-refractivity contribution in [2.24, 2.45) is 0 Å². The van der Waals surface area contributed by atoms with Gasteiger partial charge in [-0.15, -0.1) is 0 Å². The minimum atomic E-state index is -1.14. The molecule has 0 saturated carbocycles. The predicted octanol–water partition coefficient (Wildman–Crippen LogP) is 3.71. The van der Waals surface area contributed by atoms with Crippen LogP contribution in [0, 0.1) is 0 Å². The molecule has 1 atom stereocenters. The number of fused-ring (bicyclic) bond motifs is 1. The van der Waals surface area contributed by atoms with E-state index < -0.39 is 8.07 Å². The lowest BCUT2D eigenvalue weighted by Gasteiger charge is -2.23. The minimum absolute atomic E-state index is 0.00990. The summed E-state index contributed by atoms with van der Waals surface area (Å²) in [7, 11) is -1.14. The van der Waals surface area contributed by atoms with Crippen molar-refractivity contribution < 1.29 is 28.8 Å².